The molecule has 170 valence electrons. The van der Waals surface area contributed by atoms with E-state index in [0.29, 0.717) is 12.3 Å². The van der Waals surface area contributed by atoms with Gasteiger partial charge in [-0.2, -0.15) is 0 Å². The fraction of sp³-hybridized carbons (Fsp3) is 0.480. The molecular formula is C25H38N2O3Si. The van der Waals surface area contributed by atoms with E-state index in [1.807, 2.05) is 36.4 Å². The number of primary amides is 1. The lowest BCUT2D eigenvalue weighted by molar-refractivity contribution is 0.0603. The Morgan fingerprint density at radius 1 is 0.935 bits per heavy atom. The van der Waals surface area contributed by atoms with Gasteiger partial charge in [0, 0.05) is 6.04 Å². The Hall–Kier alpha value is -2.15. The number of rotatable bonds is 10. The van der Waals surface area contributed by atoms with Gasteiger partial charge < -0.3 is 20.6 Å². The monoisotopic (exact) mass is 442 g/mol. The minimum Gasteiger partial charge on any atom is -0.444 e. The van der Waals surface area contributed by atoms with Gasteiger partial charge in [0.2, 0.25) is 0 Å². The zero-order valence-corrected chi connectivity index (χ0v) is 20.5. The summed E-state index contributed by atoms with van der Waals surface area (Å²) < 4.78 is 12.3. The number of carbonyl (C=O) groups excluding carboxylic acids is 1. The van der Waals surface area contributed by atoms with Crippen LogP contribution in [0.2, 0.25) is 5.04 Å². The van der Waals surface area contributed by atoms with Crippen molar-refractivity contribution in [1.29, 1.82) is 0 Å². The van der Waals surface area contributed by atoms with Crippen molar-refractivity contribution in [1.82, 2.24) is 0 Å². The van der Waals surface area contributed by atoms with Gasteiger partial charge in [-0.05, 0) is 34.2 Å². The van der Waals surface area contributed by atoms with Crippen LogP contribution in [0.1, 0.15) is 47.5 Å². The van der Waals surface area contributed by atoms with Gasteiger partial charge in [0.25, 0.3) is 8.32 Å². The highest BCUT2D eigenvalue weighted by atomic mass is 28.4. The number of carbonyl (C=O) groups is 1. The number of amides is 1. The summed E-state index contributed by atoms with van der Waals surface area (Å²) in [7, 11) is -2.70. The molecule has 2 aromatic rings. The molecule has 0 aliphatic rings. The van der Waals surface area contributed by atoms with Crippen molar-refractivity contribution >= 4 is 24.8 Å². The molecule has 2 rings (SSSR count). The van der Waals surface area contributed by atoms with Crippen LogP contribution in [-0.4, -0.2) is 33.2 Å². The molecule has 0 aliphatic heterocycles. The molecule has 0 heterocycles. The number of nitrogens with two attached hydrogens (primary N) is 2. The van der Waals surface area contributed by atoms with Crippen molar-refractivity contribution in [3.05, 3.63) is 60.7 Å². The molecule has 0 spiro atoms. The van der Waals surface area contributed by atoms with Crippen molar-refractivity contribution in [2.24, 2.45) is 17.4 Å². The van der Waals surface area contributed by atoms with Crippen LogP contribution in [0.15, 0.2) is 60.7 Å². The lowest BCUT2D eigenvalue weighted by atomic mass is 9.99. The zero-order valence-electron chi connectivity index (χ0n) is 19.5. The first kappa shape index (κ1) is 25.1. The minimum absolute atomic E-state index is 0.0341. The Balaban J connectivity index is 2.41. The van der Waals surface area contributed by atoms with Crippen LogP contribution in [0.4, 0.5) is 4.79 Å². The summed E-state index contributed by atoms with van der Waals surface area (Å²) in [5.74, 6) is 0.354. The molecule has 1 unspecified atom stereocenters. The standard InChI is InChI=1S/C25H38N2O3Si/c1-19(2)23(26)17-16-20(30-24(27)28)18-29-31(25(3,4)5,21-12-8-6-9-13-21)22-14-10-7-11-15-22/h6-15,19-20,23H,16-18,26H2,1-5H3,(H2,27,28)/t20-,23?/m0/s1. The quantitative estimate of drug-likeness (QED) is 0.548. The summed E-state index contributed by atoms with van der Waals surface area (Å²) in [6.45, 7) is 11.1. The van der Waals surface area contributed by atoms with Gasteiger partial charge in [-0.25, -0.2) is 4.79 Å². The molecule has 0 saturated heterocycles. The normalized spacial score (nSPS) is 14.3. The second-order valence-electron chi connectivity index (χ2n) is 9.52. The van der Waals surface area contributed by atoms with Gasteiger partial charge in [-0.3, -0.25) is 0 Å². The fourth-order valence-corrected chi connectivity index (χ4v) is 8.62. The summed E-state index contributed by atoms with van der Waals surface area (Å²) in [4.78, 5) is 11.6. The van der Waals surface area contributed by atoms with Crippen LogP contribution in [-0.2, 0) is 9.16 Å². The predicted octanol–water partition coefficient (Wildman–Crippen LogP) is 3.79. The molecule has 4 N–H and O–H groups in total. The van der Waals surface area contributed by atoms with Crippen molar-refractivity contribution in [2.45, 2.75) is 64.6 Å². The third-order valence-electron chi connectivity index (χ3n) is 5.86. The van der Waals surface area contributed by atoms with Crippen molar-refractivity contribution in [3.8, 4) is 0 Å². The van der Waals surface area contributed by atoms with Crippen LogP contribution in [0.3, 0.4) is 0 Å². The van der Waals surface area contributed by atoms with Gasteiger partial charge in [0.1, 0.15) is 6.10 Å². The Morgan fingerprint density at radius 3 is 1.81 bits per heavy atom. The maximum Gasteiger partial charge on any atom is 0.404 e. The maximum absolute atomic E-state index is 11.6. The largest absolute Gasteiger partial charge is 0.444 e. The van der Waals surface area contributed by atoms with Crippen LogP contribution in [0.5, 0.6) is 0 Å². The van der Waals surface area contributed by atoms with E-state index in [1.54, 1.807) is 0 Å². The Bertz CT molecular complexity index is 767. The molecule has 0 aromatic heterocycles. The minimum atomic E-state index is -2.70. The summed E-state index contributed by atoms with van der Waals surface area (Å²) in [6.07, 6.45) is 0.123. The molecule has 0 radical (unpaired) electrons. The summed E-state index contributed by atoms with van der Waals surface area (Å²) in [5, 5.41) is 2.22. The molecule has 5 nitrogen and oxygen atoms in total. The number of hydrogen-bond acceptors (Lipinski definition) is 4. The lowest BCUT2D eigenvalue weighted by Gasteiger charge is -2.43. The third kappa shape index (κ3) is 6.42. The Labute approximate surface area is 188 Å². The van der Waals surface area contributed by atoms with Crippen molar-refractivity contribution in [3.63, 3.8) is 0 Å². The highest BCUT2D eigenvalue weighted by molar-refractivity contribution is 6.99. The van der Waals surface area contributed by atoms with E-state index < -0.39 is 20.5 Å². The van der Waals surface area contributed by atoms with Crippen LogP contribution >= 0.6 is 0 Å². The molecule has 31 heavy (non-hydrogen) atoms. The molecule has 0 saturated carbocycles. The topological polar surface area (TPSA) is 87.6 Å². The van der Waals surface area contributed by atoms with E-state index in [0.717, 1.165) is 6.42 Å². The SMILES string of the molecule is CC(C)C(N)CC[C@@H](CO[Si](c1ccccc1)(c1ccccc1)C(C)(C)C)OC(N)=O. The second-order valence-corrected chi connectivity index (χ2v) is 13.8. The van der Waals surface area contributed by atoms with Crippen LogP contribution < -0.4 is 21.8 Å². The number of ether oxygens (including phenoxy) is 1. The molecular weight excluding hydrogens is 404 g/mol. The molecule has 0 aliphatic carbocycles. The highest BCUT2D eigenvalue weighted by Gasteiger charge is 2.50. The first-order valence-electron chi connectivity index (χ1n) is 11.0. The second kappa shape index (κ2) is 10.9. The van der Waals surface area contributed by atoms with Gasteiger partial charge in [0.15, 0.2) is 0 Å². The van der Waals surface area contributed by atoms with Crippen LogP contribution in [0, 0.1) is 5.92 Å². The predicted molar refractivity (Wildman–Crippen MR) is 130 cm³/mol. The molecule has 2 aromatic carbocycles. The summed E-state index contributed by atoms with van der Waals surface area (Å²) in [6, 6.07) is 20.8. The lowest BCUT2D eigenvalue weighted by Crippen LogP contribution is -2.67. The van der Waals surface area contributed by atoms with Crippen molar-refractivity contribution < 1.29 is 14.0 Å². The van der Waals surface area contributed by atoms with E-state index in [1.165, 1.54) is 10.4 Å². The maximum atomic E-state index is 11.6. The van der Waals surface area contributed by atoms with Gasteiger partial charge in [-0.15, -0.1) is 0 Å². The van der Waals surface area contributed by atoms with Crippen molar-refractivity contribution in [2.75, 3.05) is 6.61 Å². The van der Waals surface area contributed by atoms with Gasteiger partial charge >= 0.3 is 6.09 Å². The molecule has 0 bridgehead atoms. The van der Waals surface area contributed by atoms with E-state index >= 15 is 0 Å². The molecule has 0 fully saturated rings. The number of hydrogen-bond donors (Lipinski definition) is 2. The molecule has 2 atom stereocenters. The summed E-state index contributed by atoms with van der Waals surface area (Å²) in [5.41, 5.74) is 11.6. The van der Waals surface area contributed by atoms with Crippen LogP contribution in [0.25, 0.3) is 0 Å². The zero-order chi connectivity index (χ0) is 23.1. The Morgan fingerprint density at radius 2 is 1.42 bits per heavy atom. The number of benzene rings is 2. The fourth-order valence-electron chi connectivity index (χ4n) is 4.03. The average Bonchev–Trinajstić information content (AvgIpc) is 2.72. The molecule has 6 heteroatoms. The molecule has 1 amide bonds. The Kier molecular flexibility index (Phi) is 8.86. The highest BCUT2D eigenvalue weighted by Crippen LogP contribution is 2.37. The van der Waals surface area contributed by atoms with Gasteiger partial charge in [0.05, 0.1) is 6.61 Å². The average molecular weight is 443 g/mol. The van der Waals surface area contributed by atoms with E-state index in [-0.39, 0.29) is 17.7 Å². The van der Waals surface area contributed by atoms with E-state index in [4.69, 9.17) is 20.6 Å². The first-order chi connectivity index (χ1) is 14.6. The first-order valence-corrected chi connectivity index (χ1v) is 13.0. The summed E-state index contributed by atoms with van der Waals surface area (Å²) >= 11 is 0. The third-order valence-corrected chi connectivity index (χ3v) is 10.9. The van der Waals surface area contributed by atoms with E-state index in [9.17, 15) is 4.79 Å². The van der Waals surface area contributed by atoms with Gasteiger partial charge in [-0.1, -0.05) is 95.3 Å². The smallest absolute Gasteiger partial charge is 0.404 e. The van der Waals surface area contributed by atoms with E-state index in [2.05, 4.69) is 58.9 Å².